The quantitative estimate of drug-likeness (QED) is 0.849. The number of hydrogen-bond donors (Lipinski definition) is 1. The zero-order valence-electron chi connectivity index (χ0n) is 12.5. The molecule has 2 nitrogen and oxygen atoms in total. The highest BCUT2D eigenvalue weighted by atomic mass is 32.2. The largest absolute Gasteiger partial charge is 0.317 e. The fourth-order valence-corrected chi connectivity index (χ4v) is 4.80. The van der Waals surface area contributed by atoms with Crippen molar-refractivity contribution in [3.8, 4) is 0 Å². The Kier molecular flexibility index (Phi) is 5.40. The van der Waals surface area contributed by atoms with Gasteiger partial charge in [-0.1, -0.05) is 13.8 Å². The summed E-state index contributed by atoms with van der Waals surface area (Å²) in [5.74, 6) is 3.10. The second-order valence-electron chi connectivity index (χ2n) is 6.38. The van der Waals surface area contributed by atoms with E-state index in [-0.39, 0.29) is 0 Å². The Hall–Kier alpha value is 0.270. The average molecular weight is 270 g/mol. The van der Waals surface area contributed by atoms with Gasteiger partial charge in [-0.2, -0.15) is 11.8 Å². The van der Waals surface area contributed by atoms with Crippen molar-refractivity contribution < 1.29 is 0 Å². The van der Waals surface area contributed by atoms with Crippen LogP contribution < -0.4 is 5.32 Å². The molecule has 1 saturated carbocycles. The molecule has 18 heavy (non-hydrogen) atoms. The van der Waals surface area contributed by atoms with Crippen LogP contribution >= 0.6 is 11.8 Å². The molecule has 106 valence electrons. The molecule has 3 heteroatoms. The van der Waals surface area contributed by atoms with Crippen molar-refractivity contribution in [1.29, 1.82) is 0 Å². The fraction of sp³-hybridized carbons (Fsp3) is 1.00. The van der Waals surface area contributed by atoms with E-state index in [1.54, 1.807) is 0 Å². The minimum Gasteiger partial charge on any atom is -0.317 e. The first kappa shape index (κ1) is 14.7. The van der Waals surface area contributed by atoms with Crippen LogP contribution in [0, 0.1) is 11.8 Å². The number of hydrogen-bond acceptors (Lipinski definition) is 3. The van der Waals surface area contributed by atoms with Gasteiger partial charge in [0.25, 0.3) is 0 Å². The Bertz CT molecular complexity index is 259. The van der Waals surface area contributed by atoms with Crippen LogP contribution in [0.4, 0.5) is 0 Å². The van der Waals surface area contributed by atoms with E-state index in [4.69, 9.17) is 0 Å². The van der Waals surface area contributed by atoms with Crippen molar-refractivity contribution in [2.24, 2.45) is 11.8 Å². The first-order valence-corrected chi connectivity index (χ1v) is 8.69. The lowest BCUT2D eigenvalue weighted by Crippen LogP contribution is -2.51. The van der Waals surface area contributed by atoms with Gasteiger partial charge in [-0.15, -0.1) is 0 Å². The molecular weight excluding hydrogens is 240 g/mol. The summed E-state index contributed by atoms with van der Waals surface area (Å²) in [6.45, 7) is 9.83. The summed E-state index contributed by atoms with van der Waals surface area (Å²) in [4.78, 5) is 2.74. The molecule has 0 aromatic rings. The van der Waals surface area contributed by atoms with Crippen molar-refractivity contribution >= 4 is 11.8 Å². The van der Waals surface area contributed by atoms with Gasteiger partial charge >= 0.3 is 0 Å². The summed E-state index contributed by atoms with van der Waals surface area (Å²) in [5, 5.41) is 4.36. The van der Waals surface area contributed by atoms with Crippen molar-refractivity contribution in [1.82, 2.24) is 10.2 Å². The average Bonchev–Trinajstić information content (AvgIpc) is 2.35. The van der Waals surface area contributed by atoms with Crippen molar-refractivity contribution in [3.63, 3.8) is 0 Å². The van der Waals surface area contributed by atoms with E-state index in [2.05, 4.69) is 49.8 Å². The van der Waals surface area contributed by atoms with E-state index in [0.717, 1.165) is 29.2 Å². The van der Waals surface area contributed by atoms with Gasteiger partial charge in [0, 0.05) is 36.2 Å². The summed E-state index contributed by atoms with van der Waals surface area (Å²) >= 11 is 2.14. The van der Waals surface area contributed by atoms with E-state index in [1.807, 2.05) is 0 Å². The molecular formula is C15H30N2S. The molecule has 0 amide bonds. The van der Waals surface area contributed by atoms with Crippen LogP contribution in [0.25, 0.3) is 0 Å². The molecule has 0 spiro atoms. The van der Waals surface area contributed by atoms with E-state index in [1.165, 1.54) is 38.1 Å². The molecule has 1 saturated heterocycles. The minimum absolute atomic E-state index is 0.748. The molecule has 0 aromatic heterocycles. The SMILES string of the molecule is CNC1CCC(C)CC1CN1CCSC(C)C1C. The van der Waals surface area contributed by atoms with Gasteiger partial charge in [-0.3, -0.25) is 4.90 Å². The van der Waals surface area contributed by atoms with Crippen LogP contribution in [-0.2, 0) is 0 Å². The van der Waals surface area contributed by atoms with Crippen LogP contribution in [0.1, 0.15) is 40.0 Å². The zero-order chi connectivity index (χ0) is 13.1. The zero-order valence-corrected chi connectivity index (χ0v) is 13.3. The predicted octanol–water partition coefficient (Wildman–Crippen LogP) is 2.84. The van der Waals surface area contributed by atoms with E-state index in [9.17, 15) is 0 Å². The lowest BCUT2D eigenvalue weighted by molar-refractivity contribution is 0.123. The Labute approximate surface area is 117 Å². The van der Waals surface area contributed by atoms with E-state index < -0.39 is 0 Å². The summed E-state index contributed by atoms with van der Waals surface area (Å²) in [7, 11) is 2.14. The molecule has 5 atom stereocenters. The molecule has 1 aliphatic heterocycles. The van der Waals surface area contributed by atoms with Crippen LogP contribution in [0.15, 0.2) is 0 Å². The first-order chi connectivity index (χ1) is 8.61. The van der Waals surface area contributed by atoms with E-state index in [0.29, 0.717) is 0 Å². The van der Waals surface area contributed by atoms with Gasteiger partial charge in [-0.25, -0.2) is 0 Å². The third-order valence-corrected chi connectivity index (χ3v) is 6.44. The molecule has 0 bridgehead atoms. The third-order valence-electron chi connectivity index (χ3n) is 5.10. The van der Waals surface area contributed by atoms with Crippen LogP contribution in [0.3, 0.4) is 0 Å². The number of thioether (sulfide) groups is 1. The van der Waals surface area contributed by atoms with Crippen molar-refractivity contribution in [3.05, 3.63) is 0 Å². The maximum Gasteiger partial charge on any atom is 0.0184 e. The molecule has 2 aliphatic rings. The van der Waals surface area contributed by atoms with Crippen LogP contribution in [0.5, 0.6) is 0 Å². The molecule has 1 aliphatic carbocycles. The maximum absolute atomic E-state index is 3.56. The van der Waals surface area contributed by atoms with Gasteiger partial charge in [0.05, 0.1) is 0 Å². The summed E-state index contributed by atoms with van der Waals surface area (Å²) < 4.78 is 0. The summed E-state index contributed by atoms with van der Waals surface area (Å²) in [5.41, 5.74) is 0. The van der Waals surface area contributed by atoms with Crippen LogP contribution in [0.2, 0.25) is 0 Å². The van der Waals surface area contributed by atoms with E-state index >= 15 is 0 Å². The predicted molar refractivity (Wildman–Crippen MR) is 82.3 cm³/mol. The first-order valence-electron chi connectivity index (χ1n) is 7.64. The summed E-state index contributed by atoms with van der Waals surface area (Å²) in [6.07, 6.45) is 4.19. The third kappa shape index (κ3) is 3.43. The maximum atomic E-state index is 3.56. The molecule has 0 radical (unpaired) electrons. The van der Waals surface area contributed by atoms with Gasteiger partial charge in [0.2, 0.25) is 0 Å². The van der Waals surface area contributed by atoms with Crippen LogP contribution in [-0.4, -0.2) is 48.1 Å². The highest BCUT2D eigenvalue weighted by Gasteiger charge is 2.32. The second kappa shape index (κ2) is 6.62. The Morgan fingerprint density at radius 3 is 2.72 bits per heavy atom. The van der Waals surface area contributed by atoms with Gasteiger partial charge < -0.3 is 5.32 Å². The lowest BCUT2D eigenvalue weighted by Gasteiger charge is -2.43. The minimum atomic E-state index is 0.748. The topological polar surface area (TPSA) is 15.3 Å². The Morgan fingerprint density at radius 2 is 2.00 bits per heavy atom. The standard InChI is InChI=1S/C15H30N2S/c1-11-5-6-15(16-4)14(9-11)10-17-7-8-18-13(3)12(17)2/h11-16H,5-10H2,1-4H3. The van der Waals surface area contributed by atoms with Gasteiger partial charge in [0.15, 0.2) is 0 Å². The second-order valence-corrected chi connectivity index (χ2v) is 7.87. The van der Waals surface area contributed by atoms with Crippen molar-refractivity contribution in [2.45, 2.75) is 57.4 Å². The number of rotatable bonds is 3. The molecule has 2 fully saturated rings. The normalized spacial score (nSPS) is 43.0. The number of nitrogens with zero attached hydrogens (tertiary/aromatic N) is 1. The molecule has 0 aromatic carbocycles. The van der Waals surface area contributed by atoms with Crippen molar-refractivity contribution in [2.75, 3.05) is 25.9 Å². The number of nitrogens with one attached hydrogen (secondary N) is 1. The highest BCUT2D eigenvalue weighted by Crippen LogP contribution is 2.32. The Morgan fingerprint density at radius 1 is 1.22 bits per heavy atom. The summed E-state index contributed by atoms with van der Waals surface area (Å²) in [6, 6.07) is 1.50. The Balaban J connectivity index is 1.93. The molecule has 1 N–H and O–H groups in total. The highest BCUT2D eigenvalue weighted by molar-refractivity contribution is 8.00. The smallest absolute Gasteiger partial charge is 0.0184 e. The lowest BCUT2D eigenvalue weighted by atomic mass is 9.78. The molecule has 2 rings (SSSR count). The fourth-order valence-electron chi connectivity index (χ4n) is 3.63. The molecule has 5 unspecified atom stereocenters. The van der Waals surface area contributed by atoms with Gasteiger partial charge in [-0.05, 0) is 45.1 Å². The molecule has 1 heterocycles. The van der Waals surface area contributed by atoms with Gasteiger partial charge in [0.1, 0.15) is 0 Å². The monoisotopic (exact) mass is 270 g/mol.